The highest BCUT2D eigenvalue weighted by molar-refractivity contribution is 7.99. The Hall–Kier alpha value is -2.48. The Kier molecular flexibility index (Phi) is 7.40. The largest absolute Gasteiger partial charge is 0.450 e. The lowest BCUT2D eigenvalue weighted by molar-refractivity contribution is -0.137. The Morgan fingerprint density at radius 3 is 2.62 bits per heavy atom. The fourth-order valence-electron chi connectivity index (χ4n) is 3.95. The van der Waals surface area contributed by atoms with E-state index in [2.05, 4.69) is 5.32 Å². The molecule has 1 aromatic heterocycles. The summed E-state index contributed by atoms with van der Waals surface area (Å²) in [7, 11) is 1.52. The predicted octanol–water partition coefficient (Wildman–Crippen LogP) is 3.89. The highest BCUT2D eigenvalue weighted by Crippen LogP contribution is 2.35. The van der Waals surface area contributed by atoms with Gasteiger partial charge in [-0.2, -0.15) is 11.8 Å². The molecule has 2 aromatic rings. The molecule has 0 spiro atoms. The van der Waals surface area contributed by atoms with Crippen LogP contribution in [-0.2, 0) is 20.1 Å². The molecule has 1 heterocycles. The lowest BCUT2D eigenvalue weighted by Gasteiger charge is -2.20. The quantitative estimate of drug-likeness (QED) is 0.574. The van der Waals surface area contributed by atoms with Crippen LogP contribution in [0.1, 0.15) is 61.1 Å². The standard InChI is InChI=1S/C24H30N2O5S/c1-26(13-21(27)25-16-11-12-16)22(28)14-30-24(29)23-19(15-32-17-7-3-2-4-8-17)18-9-5-6-10-20(18)31-23/h5-6,9-10,16-17H,2-4,7-8,11-15H2,1H3,(H,25,27). The third-order valence-electron chi connectivity index (χ3n) is 5.97. The molecule has 1 aromatic carbocycles. The van der Waals surface area contributed by atoms with Crippen molar-refractivity contribution in [3.63, 3.8) is 0 Å². The minimum Gasteiger partial charge on any atom is -0.450 e. The average Bonchev–Trinajstić information content (AvgIpc) is 3.53. The second-order valence-electron chi connectivity index (χ2n) is 8.64. The van der Waals surface area contributed by atoms with Crippen molar-refractivity contribution in [2.45, 2.75) is 62.0 Å². The first-order chi connectivity index (χ1) is 15.5. The summed E-state index contributed by atoms with van der Waals surface area (Å²) in [6, 6.07) is 7.81. The summed E-state index contributed by atoms with van der Waals surface area (Å²) in [5.74, 6) is -0.449. The number of likely N-dealkylation sites (N-methyl/N-ethyl adjacent to an activating group) is 1. The fraction of sp³-hybridized carbons (Fsp3) is 0.542. The number of hydrogen-bond acceptors (Lipinski definition) is 6. The molecule has 2 fully saturated rings. The van der Waals surface area contributed by atoms with Crippen molar-refractivity contribution in [1.82, 2.24) is 10.2 Å². The van der Waals surface area contributed by atoms with Crippen LogP contribution in [0.25, 0.3) is 11.0 Å². The number of rotatable bonds is 9. The Labute approximate surface area is 192 Å². The zero-order valence-corrected chi connectivity index (χ0v) is 19.2. The molecule has 8 heteroatoms. The predicted molar refractivity (Wildman–Crippen MR) is 123 cm³/mol. The van der Waals surface area contributed by atoms with Crippen molar-refractivity contribution in [1.29, 1.82) is 0 Å². The molecule has 0 aliphatic heterocycles. The Bertz CT molecular complexity index is 978. The van der Waals surface area contributed by atoms with Gasteiger partial charge in [0.2, 0.25) is 11.7 Å². The molecule has 7 nitrogen and oxygen atoms in total. The van der Waals surface area contributed by atoms with E-state index in [-0.39, 0.29) is 24.3 Å². The van der Waals surface area contributed by atoms with Crippen LogP contribution in [0.3, 0.4) is 0 Å². The lowest BCUT2D eigenvalue weighted by atomic mass is 10.0. The number of carbonyl (C=O) groups excluding carboxylic acids is 3. The maximum absolute atomic E-state index is 12.8. The number of benzene rings is 1. The van der Waals surface area contributed by atoms with Gasteiger partial charge in [0.15, 0.2) is 6.61 Å². The number of hydrogen-bond donors (Lipinski definition) is 1. The molecule has 2 aliphatic rings. The van der Waals surface area contributed by atoms with E-state index in [1.807, 2.05) is 36.0 Å². The van der Waals surface area contributed by atoms with Crippen LogP contribution in [0.15, 0.2) is 28.7 Å². The molecule has 2 aliphatic carbocycles. The molecule has 0 radical (unpaired) electrons. The van der Waals surface area contributed by atoms with Gasteiger partial charge in [-0.05, 0) is 31.7 Å². The number of amides is 2. The molecule has 172 valence electrons. The van der Waals surface area contributed by atoms with Crippen LogP contribution < -0.4 is 5.32 Å². The van der Waals surface area contributed by atoms with Crippen molar-refractivity contribution < 1.29 is 23.5 Å². The van der Waals surface area contributed by atoms with Crippen molar-refractivity contribution in [2.75, 3.05) is 20.2 Å². The summed E-state index contributed by atoms with van der Waals surface area (Å²) in [6.07, 6.45) is 8.19. The van der Waals surface area contributed by atoms with E-state index < -0.39 is 18.5 Å². The van der Waals surface area contributed by atoms with Gasteiger partial charge in [-0.1, -0.05) is 37.5 Å². The van der Waals surface area contributed by atoms with Gasteiger partial charge in [0, 0.05) is 35.0 Å². The second kappa shape index (κ2) is 10.4. The van der Waals surface area contributed by atoms with Gasteiger partial charge in [-0.25, -0.2) is 4.79 Å². The average molecular weight is 459 g/mol. The van der Waals surface area contributed by atoms with Crippen LogP contribution in [0.5, 0.6) is 0 Å². The number of para-hydroxylation sites is 1. The first-order valence-electron chi connectivity index (χ1n) is 11.3. The zero-order chi connectivity index (χ0) is 22.5. The molecule has 0 unspecified atom stereocenters. The van der Waals surface area contributed by atoms with Gasteiger partial charge in [0.05, 0.1) is 6.54 Å². The van der Waals surface area contributed by atoms with Crippen LogP contribution in [0.2, 0.25) is 0 Å². The van der Waals surface area contributed by atoms with Crippen LogP contribution in [-0.4, -0.2) is 54.2 Å². The lowest BCUT2D eigenvalue weighted by Crippen LogP contribution is -2.40. The van der Waals surface area contributed by atoms with Crippen molar-refractivity contribution in [3.05, 3.63) is 35.6 Å². The van der Waals surface area contributed by atoms with Crippen molar-refractivity contribution in [2.24, 2.45) is 0 Å². The summed E-state index contributed by atoms with van der Waals surface area (Å²) >= 11 is 1.86. The van der Waals surface area contributed by atoms with Crippen LogP contribution in [0, 0.1) is 0 Å². The summed E-state index contributed by atoms with van der Waals surface area (Å²) in [5.41, 5.74) is 1.46. The van der Waals surface area contributed by atoms with E-state index in [1.54, 1.807) is 0 Å². The molecule has 32 heavy (non-hydrogen) atoms. The second-order valence-corrected chi connectivity index (χ2v) is 9.93. The highest BCUT2D eigenvalue weighted by Gasteiger charge is 2.26. The summed E-state index contributed by atoms with van der Waals surface area (Å²) in [6.45, 7) is -0.487. The van der Waals surface area contributed by atoms with Gasteiger partial charge >= 0.3 is 5.97 Å². The maximum Gasteiger partial charge on any atom is 0.375 e. The van der Waals surface area contributed by atoms with Crippen molar-refractivity contribution in [3.8, 4) is 0 Å². The number of fused-ring (bicyclic) bond motifs is 1. The minimum absolute atomic E-state index is 0.0548. The number of furan rings is 1. The molecule has 4 rings (SSSR count). The van der Waals surface area contributed by atoms with Crippen LogP contribution >= 0.6 is 11.8 Å². The molecule has 0 bridgehead atoms. The molecule has 1 N–H and O–H groups in total. The van der Waals surface area contributed by atoms with E-state index in [1.165, 1.54) is 44.1 Å². The normalized spacial score (nSPS) is 16.7. The van der Waals surface area contributed by atoms with E-state index >= 15 is 0 Å². The number of nitrogens with zero attached hydrogens (tertiary/aromatic N) is 1. The van der Waals surface area contributed by atoms with E-state index in [9.17, 15) is 14.4 Å². The molecule has 0 saturated heterocycles. The van der Waals surface area contributed by atoms with Crippen LogP contribution in [0.4, 0.5) is 0 Å². The van der Waals surface area contributed by atoms with E-state index in [4.69, 9.17) is 9.15 Å². The minimum atomic E-state index is -0.648. The van der Waals surface area contributed by atoms with Gasteiger partial charge in [0.25, 0.3) is 5.91 Å². The third kappa shape index (κ3) is 5.85. The van der Waals surface area contributed by atoms with Gasteiger partial charge in [0.1, 0.15) is 5.58 Å². The first kappa shape index (κ1) is 22.7. The zero-order valence-electron chi connectivity index (χ0n) is 18.4. The topological polar surface area (TPSA) is 88.9 Å². The number of carbonyl (C=O) groups is 3. The Balaban J connectivity index is 1.37. The van der Waals surface area contributed by atoms with Gasteiger partial charge in [-0.3, -0.25) is 9.59 Å². The first-order valence-corrected chi connectivity index (χ1v) is 12.4. The van der Waals surface area contributed by atoms with Gasteiger partial charge in [-0.15, -0.1) is 0 Å². The SMILES string of the molecule is CN(CC(=O)NC1CC1)C(=O)COC(=O)c1oc2ccccc2c1CSC1CCCCC1. The number of esters is 1. The molecule has 0 atom stereocenters. The van der Waals surface area contributed by atoms with Crippen molar-refractivity contribution >= 4 is 40.5 Å². The number of thioether (sulfide) groups is 1. The molecular weight excluding hydrogens is 428 g/mol. The smallest absolute Gasteiger partial charge is 0.375 e. The van der Waals surface area contributed by atoms with E-state index in [0.29, 0.717) is 16.6 Å². The number of ether oxygens (including phenoxy) is 1. The molecule has 2 amide bonds. The summed E-state index contributed by atoms with van der Waals surface area (Å²) in [5, 5.41) is 4.34. The Morgan fingerprint density at radius 2 is 1.88 bits per heavy atom. The molecular formula is C24H30N2O5S. The maximum atomic E-state index is 12.8. The molecule has 2 saturated carbocycles. The fourth-order valence-corrected chi connectivity index (χ4v) is 5.30. The van der Waals surface area contributed by atoms with E-state index in [0.717, 1.165) is 23.8 Å². The summed E-state index contributed by atoms with van der Waals surface area (Å²) < 4.78 is 11.1. The third-order valence-corrected chi connectivity index (χ3v) is 7.37. The number of nitrogens with one attached hydrogen (secondary N) is 1. The summed E-state index contributed by atoms with van der Waals surface area (Å²) in [4.78, 5) is 38.3. The Morgan fingerprint density at radius 1 is 1.12 bits per heavy atom. The highest BCUT2D eigenvalue weighted by atomic mass is 32.2. The van der Waals surface area contributed by atoms with Gasteiger partial charge < -0.3 is 19.4 Å². The monoisotopic (exact) mass is 458 g/mol.